The van der Waals surface area contributed by atoms with Crippen molar-refractivity contribution in [2.45, 2.75) is 39.8 Å². The molecule has 2 N–H and O–H groups in total. The van der Waals surface area contributed by atoms with E-state index in [1.807, 2.05) is 43.3 Å². The number of nitrogens with one attached hydrogen (secondary N) is 2. The Balaban J connectivity index is 2.01. The van der Waals surface area contributed by atoms with Crippen molar-refractivity contribution < 1.29 is 19.1 Å². The first-order chi connectivity index (χ1) is 14.3. The van der Waals surface area contributed by atoms with Crippen LogP contribution >= 0.6 is 0 Å². The van der Waals surface area contributed by atoms with Crippen LogP contribution in [-0.4, -0.2) is 36.6 Å². The van der Waals surface area contributed by atoms with Gasteiger partial charge in [-0.2, -0.15) is 0 Å². The lowest BCUT2D eigenvalue weighted by molar-refractivity contribution is -0.156. The van der Waals surface area contributed by atoms with Gasteiger partial charge in [-0.15, -0.1) is 0 Å². The Morgan fingerprint density at radius 2 is 1.50 bits per heavy atom. The third-order valence-corrected chi connectivity index (χ3v) is 4.53. The fourth-order valence-electron chi connectivity index (χ4n) is 2.92. The van der Waals surface area contributed by atoms with Crippen molar-refractivity contribution >= 4 is 29.3 Å². The van der Waals surface area contributed by atoms with Crippen LogP contribution in [0.4, 0.5) is 16.2 Å². The van der Waals surface area contributed by atoms with E-state index in [1.165, 1.54) is 6.92 Å². The molecule has 2 atom stereocenters. The van der Waals surface area contributed by atoms with E-state index in [4.69, 9.17) is 4.74 Å². The number of para-hydroxylation sites is 2. The summed E-state index contributed by atoms with van der Waals surface area (Å²) in [4.78, 5) is 39.4. The summed E-state index contributed by atoms with van der Waals surface area (Å²) in [6.07, 6.45) is -0.988. The second-order valence-corrected chi connectivity index (χ2v) is 7.18. The van der Waals surface area contributed by atoms with Crippen LogP contribution in [0.15, 0.2) is 60.7 Å². The van der Waals surface area contributed by atoms with Gasteiger partial charge in [-0.1, -0.05) is 50.2 Å². The van der Waals surface area contributed by atoms with E-state index in [-0.39, 0.29) is 11.8 Å². The number of benzene rings is 2. The highest BCUT2D eigenvalue weighted by atomic mass is 16.5. The van der Waals surface area contributed by atoms with Crippen molar-refractivity contribution in [1.82, 2.24) is 5.32 Å². The van der Waals surface area contributed by atoms with Gasteiger partial charge < -0.3 is 20.3 Å². The van der Waals surface area contributed by atoms with Crippen molar-refractivity contribution in [3.63, 3.8) is 0 Å². The van der Waals surface area contributed by atoms with Crippen LogP contribution in [0.5, 0.6) is 0 Å². The molecule has 0 aromatic heterocycles. The summed E-state index contributed by atoms with van der Waals surface area (Å²) >= 11 is 0. The van der Waals surface area contributed by atoms with Gasteiger partial charge >= 0.3 is 12.0 Å². The average Bonchev–Trinajstić information content (AvgIpc) is 2.73. The first kappa shape index (κ1) is 22.9. The van der Waals surface area contributed by atoms with Crippen LogP contribution in [0.2, 0.25) is 0 Å². The topological polar surface area (TPSA) is 87.7 Å². The molecule has 0 saturated carbocycles. The molecule has 2 aromatic rings. The van der Waals surface area contributed by atoms with E-state index in [0.29, 0.717) is 12.2 Å². The number of hydrogen-bond acceptors (Lipinski definition) is 4. The van der Waals surface area contributed by atoms with Crippen LogP contribution in [-0.2, 0) is 14.3 Å². The zero-order valence-electron chi connectivity index (χ0n) is 17.8. The second-order valence-electron chi connectivity index (χ2n) is 7.18. The van der Waals surface area contributed by atoms with Crippen molar-refractivity contribution in [3.8, 4) is 0 Å². The molecule has 160 valence electrons. The van der Waals surface area contributed by atoms with E-state index in [0.717, 1.165) is 5.69 Å². The van der Waals surface area contributed by atoms with Gasteiger partial charge in [-0.3, -0.25) is 4.79 Å². The van der Waals surface area contributed by atoms with Gasteiger partial charge in [0.05, 0.1) is 0 Å². The molecular weight excluding hydrogens is 382 g/mol. The van der Waals surface area contributed by atoms with Crippen molar-refractivity contribution in [3.05, 3.63) is 60.7 Å². The Morgan fingerprint density at radius 3 is 2.03 bits per heavy atom. The predicted molar refractivity (Wildman–Crippen MR) is 117 cm³/mol. The summed E-state index contributed by atoms with van der Waals surface area (Å²) in [5, 5.41) is 5.31. The minimum atomic E-state index is -0.988. The van der Waals surface area contributed by atoms with Gasteiger partial charge in [0, 0.05) is 17.9 Å². The Kier molecular flexibility index (Phi) is 8.41. The number of rotatable bonds is 8. The van der Waals surface area contributed by atoms with Crippen LogP contribution in [0.1, 0.15) is 27.7 Å². The number of nitrogens with zero attached hydrogens (tertiary/aromatic N) is 1. The Labute approximate surface area is 177 Å². The number of ether oxygens (including phenoxy) is 1. The molecule has 0 aliphatic heterocycles. The molecule has 7 heteroatoms. The van der Waals surface area contributed by atoms with E-state index < -0.39 is 24.1 Å². The molecule has 2 aromatic carbocycles. The Hall–Kier alpha value is -3.35. The molecule has 3 amide bonds. The molecule has 0 heterocycles. The molecule has 0 radical (unpaired) electrons. The fourth-order valence-corrected chi connectivity index (χ4v) is 2.92. The standard InChI is InChI=1S/C23H29N3O4/c1-5-26(19-14-10-7-11-15-19)21(27)17(4)30-22(28)20(16(2)3)25-23(29)24-18-12-8-6-9-13-18/h6-17,20H,5H2,1-4H3,(H2,24,25,29)/t17-,20-/m0/s1. The quantitative estimate of drug-likeness (QED) is 0.647. The molecule has 0 spiro atoms. The summed E-state index contributed by atoms with van der Waals surface area (Å²) in [6.45, 7) is 7.42. The van der Waals surface area contributed by atoms with Gasteiger partial charge in [0.2, 0.25) is 0 Å². The summed E-state index contributed by atoms with van der Waals surface area (Å²) in [5.74, 6) is -1.20. The van der Waals surface area contributed by atoms with E-state index in [2.05, 4.69) is 10.6 Å². The second kappa shape index (κ2) is 11.0. The van der Waals surface area contributed by atoms with Crippen LogP contribution < -0.4 is 15.5 Å². The van der Waals surface area contributed by atoms with Crippen molar-refractivity contribution in [2.75, 3.05) is 16.8 Å². The highest BCUT2D eigenvalue weighted by Gasteiger charge is 2.30. The van der Waals surface area contributed by atoms with E-state index in [9.17, 15) is 14.4 Å². The first-order valence-electron chi connectivity index (χ1n) is 10.0. The third-order valence-electron chi connectivity index (χ3n) is 4.53. The maximum Gasteiger partial charge on any atom is 0.329 e. The average molecular weight is 412 g/mol. The number of esters is 1. The molecule has 0 aliphatic carbocycles. The van der Waals surface area contributed by atoms with Gasteiger partial charge in [-0.05, 0) is 44.0 Å². The summed E-state index contributed by atoms with van der Waals surface area (Å²) in [7, 11) is 0. The van der Waals surface area contributed by atoms with Crippen molar-refractivity contribution in [2.24, 2.45) is 5.92 Å². The summed E-state index contributed by atoms with van der Waals surface area (Å²) < 4.78 is 5.42. The van der Waals surface area contributed by atoms with Crippen LogP contribution in [0, 0.1) is 5.92 Å². The lowest BCUT2D eigenvalue weighted by atomic mass is 10.0. The number of carbonyl (C=O) groups excluding carboxylic acids is 3. The monoisotopic (exact) mass is 411 g/mol. The normalized spacial score (nSPS) is 12.6. The number of carbonyl (C=O) groups is 3. The van der Waals surface area contributed by atoms with E-state index >= 15 is 0 Å². The molecule has 0 saturated heterocycles. The zero-order valence-corrected chi connectivity index (χ0v) is 17.8. The highest BCUT2D eigenvalue weighted by molar-refractivity contribution is 5.98. The molecule has 7 nitrogen and oxygen atoms in total. The fraction of sp³-hybridized carbons (Fsp3) is 0.348. The third kappa shape index (κ3) is 6.34. The molecule has 0 bridgehead atoms. The molecule has 30 heavy (non-hydrogen) atoms. The van der Waals surface area contributed by atoms with Gasteiger partial charge in [0.25, 0.3) is 5.91 Å². The smallest absolute Gasteiger partial charge is 0.329 e. The Bertz CT molecular complexity index is 840. The molecule has 0 aliphatic rings. The van der Waals surface area contributed by atoms with Crippen molar-refractivity contribution in [1.29, 1.82) is 0 Å². The minimum absolute atomic E-state index is 0.224. The van der Waals surface area contributed by atoms with Gasteiger partial charge in [-0.25, -0.2) is 9.59 Å². The SMILES string of the molecule is CCN(C(=O)[C@H](C)OC(=O)[C@@H](NC(=O)Nc1ccccc1)C(C)C)c1ccccc1. The first-order valence-corrected chi connectivity index (χ1v) is 10.0. The Morgan fingerprint density at radius 1 is 0.933 bits per heavy atom. The minimum Gasteiger partial charge on any atom is -0.451 e. The largest absolute Gasteiger partial charge is 0.451 e. The number of hydrogen-bond donors (Lipinski definition) is 2. The molecule has 0 unspecified atom stereocenters. The summed E-state index contributed by atoms with van der Waals surface area (Å²) in [5.41, 5.74) is 1.34. The zero-order chi connectivity index (χ0) is 22.1. The van der Waals surface area contributed by atoms with Gasteiger partial charge in [0.15, 0.2) is 6.10 Å². The molecule has 2 rings (SSSR count). The van der Waals surface area contributed by atoms with Gasteiger partial charge in [0.1, 0.15) is 6.04 Å². The molecule has 0 fully saturated rings. The number of urea groups is 1. The number of amides is 3. The maximum absolute atomic E-state index is 12.8. The number of likely N-dealkylation sites (N-methyl/N-ethyl adjacent to an activating group) is 1. The molecular formula is C23H29N3O4. The maximum atomic E-state index is 12.8. The van der Waals surface area contributed by atoms with E-state index in [1.54, 1.807) is 43.0 Å². The lowest BCUT2D eigenvalue weighted by Gasteiger charge is -2.27. The van der Waals surface area contributed by atoms with Crippen LogP contribution in [0.25, 0.3) is 0 Å². The number of anilines is 2. The van der Waals surface area contributed by atoms with Crippen LogP contribution in [0.3, 0.4) is 0 Å². The summed E-state index contributed by atoms with van der Waals surface area (Å²) in [6, 6.07) is 16.7. The lowest BCUT2D eigenvalue weighted by Crippen LogP contribution is -2.49. The highest BCUT2D eigenvalue weighted by Crippen LogP contribution is 2.16. The predicted octanol–water partition coefficient (Wildman–Crippen LogP) is 3.82.